The van der Waals surface area contributed by atoms with Crippen LogP contribution < -0.4 is 9.80 Å². The van der Waals surface area contributed by atoms with Crippen molar-refractivity contribution in [1.29, 1.82) is 0 Å². The van der Waals surface area contributed by atoms with Crippen LogP contribution in [0.15, 0.2) is 188 Å². The molecule has 12 rings (SSSR count). The molecule has 0 N–H and O–H groups in total. The minimum Gasteiger partial charge on any atom is -0.334 e. The molecule has 4 unspecified atom stereocenters. The number of allylic oxidation sites excluding steroid dienone is 8. The highest BCUT2D eigenvalue weighted by molar-refractivity contribution is 5.99. The van der Waals surface area contributed by atoms with Crippen LogP contribution >= 0.6 is 0 Å². The molecule has 3 heterocycles. The van der Waals surface area contributed by atoms with Crippen LogP contribution in [0.5, 0.6) is 0 Å². The van der Waals surface area contributed by atoms with Gasteiger partial charge in [0, 0.05) is 56.9 Å². The summed E-state index contributed by atoms with van der Waals surface area (Å²) in [6.45, 7) is 0. The molecular formula is C54H43N3. The summed E-state index contributed by atoms with van der Waals surface area (Å²) in [5, 5.41) is 1.37. The molecule has 0 fully saturated rings. The van der Waals surface area contributed by atoms with E-state index < -0.39 is 0 Å². The molecule has 3 nitrogen and oxygen atoms in total. The predicted octanol–water partition coefficient (Wildman–Crippen LogP) is 13.0. The van der Waals surface area contributed by atoms with E-state index in [1.54, 1.807) is 0 Å². The van der Waals surface area contributed by atoms with Crippen molar-refractivity contribution in [1.82, 2.24) is 4.57 Å². The fraction of sp³-hybridized carbons (Fsp3) is 0.148. The summed E-state index contributed by atoms with van der Waals surface area (Å²) in [6, 6.07) is 45.9. The topological polar surface area (TPSA) is 11.4 Å². The van der Waals surface area contributed by atoms with Crippen LogP contribution in [0.25, 0.3) is 33.8 Å². The number of rotatable bonds is 5. The highest BCUT2D eigenvalue weighted by atomic mass is 15.2. The summed E-state index contributed by atoms with van der Waals surface area (Å²) >= 11 is 0. The molecule has 3 heteroatoms. The second-order valence-electron chi connectivity index (χ2n) is 16.2. The lowest BCUT2D eigenvalue weighted by atomic mass is 9.86. The second-order valence-corrected chi connectivity index (χ2v) is 16.2. The average molecular weight is 734 g/mol. The maximum Gasteiger partial charge on any atom is 0.0633 e. The minimum atomic E-state index is 0.263. The first-order valence-electron chi connectivity index (χ1n) is 20.7. The molecule has 0 saturated carbocycles. The third kappa shape index (κ3) is 5.11. The van der Waals surface area contributed by atoms with Gasteiger partial charge in [-0.05, 0) is 126 Å². The minimum absolute atomic E-state index is 0.263. The Balaban J connectivity index is 0.872. The quantitative estimate of drug-likeness (QED) is 0.175. The van der Waals surface area contributed by atoms with Crippen molar-refractivity contribution >= 4 is 45.2 Å². The Hall–Kier alpha value is -6.58. The maximum atomic E-state index is 2.57. The molecule has 4 atom stereocenters. The molecule has 0 radical (unpaired) electrons. The summed E-state index contributed by atoms with van der Waals surface area (Å²) in [6.07, 6.45) is 30.1. The van der Waals surface area contributed by atoms with Gasteiger partial charge in [0.15, 0.2) is 0 Å². The van der Waals surface area contributed by atoms with E-state index in [1.807, 2.05) is 0 Å². The molecule has 0 saturated heterocycles. The van der Waals surface area contributed by atoms with Gasteiger partial charge in [-0.1, -0.05) is 121 Å². The van der Waals surface area contributed by atoms with E-state index in [4.69, 9.17) is 0 Å². The number of anilines is 3. The number of aryl methyl sites for hydroxylation is 1. The lowest BCUT2D eigenvalue weighted by molar-refractivity contribution is 0.720. The summed E-state index contributed by atoms with van der Waals surface area (Å²) in [4.78, 5) is 5.12. The van der Waals surface area contributed by atoms with E-state index in [1.165, 1.54) is 84.0 Å². The Morgan fingerprint density at radius 1 is 0.632 bits per heavy atom. The summed E-state index contributed by atoms with van der Waals surface area (Å²) in [5.41, 5.74) is 18.6. The lowest BCUT2D eigenvalue weighted by Gasteiger charge is -2.31. The average Bonchev–Trinajstić information content (AvgIpc) is 3.92. The van der Waals surface area contributed by atoms with Gasteiger partial charge in [-0.3, -0.25) is 0 Å². The first kappa shape index (κ1) is 32.6. The largest absolute Gasteiger partial charge is 0.334 e. The van der Waals surface area contributed by atoms with Gasteiger partial charge < -0.3 is 14.4 Å². The number of nitrogens with zero attached hydrogens (tertiary/aromatic N) is 3. The van der Waals surface area contributed by atoms with Crippen LogP contribution in [0.4, 0.5) is 17.1 Å². The fourth-order valence-electron chi connectivity index (χ4n) is 10.6. The maximum absolute atomic E-state index is 2.57. The van der Waals surface area contributed by atoms with Crippen molar-refractivity contribution in [3.05, 3.63) is 221 Å². The molecule has 2 aliphatic heterocycles. The van der Waals surface area contributed by atoms with Crippen molar-refractivity contribution < 1.29 is 0 Å². The first-order chi connectivity index (χ1) is 28.3. The van der Waals surface area contributed by atoms with Gasteiger partial charge in [-0.2, -0.15) is 0 Å². The van der Waals surface area contributed by atoms with Gasteiger partial charge >= 0.3 is 0 Å². The van der Waals surface area contributed by atoms with Crippen molar-refractivity contribution in [3.63, 3.8) is 0 Å². The fourth-order valence-corrected chi connectivity index (χ4v) is 10.6. The summed E-state index contributed by atoms with van der Waals surface area (Å²) in [7, 11) is 0. The molecule has 5 aromatic carbocycles. The van der Waals surface area contributed by atoms with E-state index >= 15 is 0 Å². The Bertz CT molecular complexity index is 2820. The highest BCUT2D eigenvalue weighted by Gasteiger charge is 2.39. The Morgan fingerprint density at radius 2 is 1.47 bits per heavy atom. The van der Waals surface area contributed by atoms with Crippen LogP contribution in [0.2, 0.25) is 0 Å². The molecule has 0 bridgehead atoms. The molecular weight excluding hydrogens is 691 g/mol. The first-order valence-corrected chi connectivity index (χ1v) is 20.7. The lowest BCUT2D eigenvalue weighted by Crippen LogP contribution is -2.32. The molecule has 1 aromatic heterocycles. The van der Waals surface area contributed by atoms with Crippen LogP contribution in [0.3, 0.4) is 0 Å². The van der Waals surface area contributed by atoms with E-state index in [9.17, 15) is 0 Å². The number of fused-ring (bicyclic) bond motifs is 9. The van der Waals surface area contributed by atoms with Crippen molar-refractivity contribution in [2.75, 3.05) is 9.80 Å². The van der Waals surface area contributed by atoms with E-state index in [0.29, 0.717) is 17.9 Å². The van der Waals surface area contributed by atoms with Gasteiger partial charge in [0.2, 0.25) is 0 Å². The number of para-hydroxylation sites is 3. The van der Waals surface area contributed by atoms with E-state index in [2.05, 4.69) is 203 Å². The zero-order valence-electron chi connectivity index (χ0n) is 31.9. The SMILES string of the molecule is C1=CC2c3ccccc3N(C3=CCC(c4ccc5c(c4)C4=CC(c6ccc(-n7c8c(c9ccccc97)CCC=C8)cc6)=CCC4N5c4ccccc4)C=C3)C2C=C1. The zero-order valence-corrected chi connectivity index (χ0v) is 31.9. The van der Waals surface area contributed by atoms with Crippen LogP contribution in [-0.4, -0.2) is 16.7 Å². The Morgan fingerprint density at radius 3 is 2.37 bits per heavy atom. The van der Waals surface area contributed by atoms with Crippen molar-refractivity contribution in [2.24, 2.45) is 0 Å². The standard InChI is InChI=1S/C54H43N3/c1-2-12-40(13-3-1)55-53-32-26-38(36-22-28-41(29-23-36)56-49-18-8-4-14-43(49)44-15-5-9-19-50(44)56)34-47(53)48-35-39(27-33-54(48)55)37-24-30-42(31-25-37)57-51-20-10-6-16-45(51)46-17-7-11-21-52(46)57/h1-6,8-16,18-22,24-32,34-36,43,49,54H,7,17,23,33H2. The van der Waals surface area contributed by atoms with Crippen LogP contribution in [0.1, 0.15) is 64.6 Å². The monoisotopic (exact) mass is 733 g/mol. The number of benzene rings is 5. The number of hydrogen-bond acceptors (Lipinski definition) is 2. The molecule has 0 amide bonds. The Kier molecular flexibility index (Phi) is 7.44. The van der Waals surface area contributed by atoms with Gasteiger partial charge in [0.25, 0.3) is 0 Å². The van der Waals surface area contributed by atoms with Crippen molar-refractivity contribution in [2.45, 2.75) is 49.6 Å². The molecule has 0 spiro atoms. The number of aromatic nitrogens is 1. The molecule has 274 valence electrons. The van der Waals surface area contributed by atoms with Gasteiger partial charge in [0.05, 0.1) is 17.6 Å². The van der Waals surface area contributed by atoms with Gasteiger partial charge in [-0.15, -0.1) is 0 Å². The Labute approximate surface area is 334 Å². The van der Waals surface area contributed by atoms with Crippen LogP contribution in [-0.2, 0) is 6.42 Å². The van der Waals surface area contributed by atoms with Gasteiger partial charge in [-0.25, -0.2) is 0 Å². The van der Waals surface area contributed by atoms with E-state index in [0.717, 1.165) is 25.7 Å². The van der Waals surface area contributed by atoms with Crippen molar-refractivity contribution in [3.8, 4) is 5.69 Å². The molecule has 57 heavy (non-hydrogen) atoms. The van der Waals surface area contributed by atoms with E-state index in [-0.39, 0.29) is 6.04 Å². The predicted molar refractivity (Wildman–Crippen MR) is 238 cm³/mol. The number of hydrogen-bond donors (Lipinski definition) is 0. The van der Waals surface area contributed by atoms with Crippen LogP contribution in [0, 0.1) is 0 Å². The molecule has 6 aliphatic rings. The highest BCUT2D eigenvalue weighted by Crippen LogP contribution is 2.51. The second kappa shape index (κ2) is 13.0. The normalized spacial score (nSPS) is 22.4. The molecule has 4 aliphatic carbocycles. The zero-order chi connectivity index (χ0) is 37.5. The third-order valence-corrected chi connectivity index (χ3v) is 13.2. The molecule has 6 aromatic rings. The third-order valence-electron chi connectivity index (χ3n) is 13.2. The summed E-state index contributed by atoms with van der Waals surface area (Å²) in [5.74, 6) is 0.731. The smallest absolute Gasteiger partial charge is 0.0633 e. The van der Waals surface area contributed by atoms with Gasteiger partial charge in [0.1, 0.15) is 0 Å². The summed E-state index contributed by atoms with van der Waals surface area (Å²) < 4.78 is 2.45.